The average Bonchev–Trinajstić information content (AvgIpc) is 2.26. The summed E-state index contributed by atoms with van der Waals surface area (Å²) in [5.41, 5.74) is 0. The predicted octanol–water partition coefficient (Wildman–Crippen LogP) is 0.147. The number of carbonyl (C=O) groups is 2. The van der Waals surface area contributed by atoms with Gasteiger partial charge in [-0.3, -0.25) is 0 Å². The van der Waals surface area contributed by atoms with Crippen LogP contribution in [0.15, 0.2) is 0 Å². The van der Waals surface area contributed by atoms with E-state index in [1.807, 2.05) is 0 Å². The van der Waals surface area contributed by atoms with Gasteiger partial charge in [-0.05, 0) is 31.8 Å². The van der Waals surface area contributed by atoms with Crippen LogP contribution in [0.3, 0.4) is 0 Å². The molecule has 1 atom stereocenters. The highest BCUT2D eigenvalue weighted by atomic mass is 16.4. The molecule has 0 aromatic rings. The molecule has 0 radical (unpaired) electrons. The van der Waals surface area contributed by atoms with Crippen molar-refractivity contribution in [3.63, 3.8) is 0 Å². The Morgan fingerprint density at radius 2 is 1.88 bits per heavy atom. The zero-order valence-corrected chi connectivity index (χ0v) is 10.3. The lowest BCUT2D eigenvalue weighted by Crippen LogP contribution is -2.52. The summed E-state index contributed by atoms with van der Waals surface area (Å²) in [6, 6.07) is -1.09. The molecule has 98 valence electrons. The molecule has 0 aromatic heterocycles. The minimum atomic E-state index is -1.000. The van der Waals surface area contributed by atoms with Crippen LogP contribution in [-0.2, 0) is 4.79 Å². The number of urea groups is 1. The topological polar surface area (TPSA) is 90.5 Å². The summed E-state index contributed by atoms with van der Waals surface area (Å²) >= 11 is 0. The van der Waals surface area contributed by atoms with Crippen LogP contribution >= 0.6 is 0 Å². The molecule has 0 aliphatic carbocycles. The maximum atomic E-state index is 11.6. The van der Waals surface area contributed by atoms with Crippen molar-refractivity contribution in [1.82, 2.24) is 16.0 Å². The second-order valence-corrected chi connectivity index (χ2v) is 4.70. The minimum absolute atomic E-state index is 0.133. The Labute approximate surface area is 101 Å². The highest BCUT2D eigenvalue weighted by Crippen LogP contribution is 2.04. The van der Waals surface area contributed by atoms with Crippen LogP contribution in [0.2, 0.25) is 0 Å². The van der Waals surface area contributed by atoms with E-state index in [1.54, 1.807) is 13.8 Å². The standard InChI is InChI=1S/C11H21N3O3/c1-7(2)9(10(15)16)14-11(17)13-8-3-5-12-6-4-8/h7-9,12H,3-6H2,1-2H3,(H,15,16)(H2,13,14,17)/t9-/m0/s1. The Morgan fingerprint density at radius 1 is 1.29 bits per heavy atom. The van der Waals surface area contributed by atoms with Crippen LogP contribution in [0, 0.1) is 5.92 Å². The van der Waals surface area contributed by atoms with Gasteiger partial charge < -0.3 is 21.1 Å². The van der Waals surface area contributed by atoms with Crippen LogP contribution in [-0.4, -0.2) is 42.3 Å². The monoisotopic (exact) mass is 243 g/mol. The van der Waals surface area contributed by atoms with Crippen LogP contribution in [0.5, 0.6) is 0 Å². The molecular weight excluding hydrogens is 222 g/mol. The van der Waals surface area contributed by atoms with Gasteiger partial charge in [-0.15, -0.1) is 0 Å². The summed E-state index contributed by atoms with van der Waals surface area (Å²) < 4.78 is 0. The molecule has 0 spiro atoms. The summed E-state index contributed by atoms with van der Waals surface area (Å²) in [5, 5.41) is 17.4. The van der Waals surface area contributed by atoms with E-state index in [-0.39, 0.29) is 12.0 Å². The van der Waals surface area contributed by atoms with E-state index >= 15 is 0 Å². The Hall–Kier alpha value is -1.30. The first-order chi connectivity index (χ1) is 8.00. The SMILES string of the molecule is CC(C)[C@H](NC(=O)NC1CCNCC1)C(=O)O. The van der Waals surface area contributed by atoms with Crippen molar-refractivity contribution in [3.05, 3.63) is 0 Å². The van der Waals surface area contributed by atoms with Crippen molar-refractivity contribution in [1.29, 1.82) is 0 Å². The van der Waals surface area contributed by atoms with E-state index in [0.717, 1.165) is 25.9 Å². The van der Waals surface area contributed by atoms with E-state index in [4.69, 9.17) is 5.11 Å². The predicted molar refractivity (Wildman–Crippen MR) is 63.8 cm³/mol. The second-order valence-electron chi connectivity index (χ2n) is 4.70. The van der Waals surface area contributed by atoms with Gasteiger partial charge in [-0.1, -0.05) is 13.8 Å². The van der Waals surface area contributed by atoms with Crippen molar-refractivity contribution in [2.75, 3.05) is 13.1 Å². The highest BCUT2D eigenvalue weighted by Gasteiger charge is 2.24. The number of carboxylic acids is 1. The third-order valence-corrected chi connectivity index (χ3v) is 2.89. The molecule has 1 aliphatic rings. The van der Waals surface area contributed by atoms with Crippen molar-refractivity contribution >= 4 is 12.0 Å². The lowest BCUT2D eigenvalue weighted by Gasteiger charge is -2.25. The van der Waals surface area contributed by atoms with Crippen molar-refractivity contribution in [2.45, 2.75) is 38.8 Å². The van der Waals surface area contributed by atoms with Crippen molar-refractivity contribution < 1.29 is 14.7 Å². The lowest BCUT2D eigenvalue weighted by atomic mass is 10.0. The molecule has 2 amide bonds. The average molecular weight is 243 g/mol. The zero-order chi connectivity index (χ0) is 12.8. The van der Waals surface area contributed by atoms with Crippen LogP contribution in [0.4, 0.5) is 4.79 Å². The normalized spacial score (nSPS) is 18.8. The lowest BCUT2D eigenvalue weighted by molar-refractivity contribution is -0.140. The quantitative estimate of drug-likeness (QED) is 0.565. The van der Waals surface area contributed by atoms with Gasteiger partial charge >= 0.3 is 12.0 Å². The summed E-state index contributed by atoms with van der Waals surface area (Å²) in [5.74, 6) is -1.13. The summed E-state index contributed by atoms with van der Waals surface area (Å²) in [6.45, 7) is 5.31. The van der Waals surface area contributed by atoms with Crippen molar-refractivity contribution in [3.8, 4) is 0 Å². The number of carbonyl (C=O) groups excluding carboxylic acids is 1. The van der Waals surface area contributed by atoms with Crippen LogP contribution < -0.4 is 16.0 Å². The third-order valence-electron chi connectivity index (χ3n) is 2.89. The molecule has 1 fully saturated rings. The fourth-order valence-electron chi connectivity index (χ4n) is 1.85. The van der Waals surface area contributed by atoms with E-state index in [1.165, 1.54) is 0 Å². The number of aliphatic carboxylic acids is 1. The Kier molecular flexibility index (Phi) is 5.21. The number of nitrogens with one attached hydrogen (secondary N) is 3. The minimum Gasteiger partial charge on any atom is -0.480 e. The Bertz CT molecular complexity index is 275. The third kappa shape index (κ3) is 4.60. The molecule has 6 nitrogen and oxygen atoms in total. The van der Waals surface area contributed by atoms with Gasteiger partial charge in [0.15, 0.2) is 0 Å². The van der Waals surface area contributed by atoms with Gasteiger partial charge in [0.25, 0.3) is 0 Å². The van der Waals surface area contributed by atoms with Gasteiger partial charge in [-0.25, -0.2) is 9.59 Å². The number of carboxylic acid groups (broad SMARTS) is 1. The molecule has 17 heavy (non-hydrogen) atoms. The first kappa shape index (κ1) is 13.8. The smallest absolute Gasteiger partial charge is 0.326 e. The highest BCUT2D eigenvalue weighted by molar-refractivity contribution is 5.82. The summed E-state index contributed by atoms with van der Waals surface area (Å²) in [7, 11) is 0. The first-order valence-electron chi connectivity index (χ1n) is 6.01. The fourth-order valence-corrected chi connectivity index (χ4v) is 1.85. The number of piperidine rings is 1. The molecular formula is C11H21N3O3. The van der Waals surface area contributed by atoms with E-state index in [0.29, 0.717) is 0 Å². The molecule has 0 aromatic carbocycles. The number of hydrogen-bond donors (Lipinski definition) is 4. The van der Waals surface area contributed by atoms with E-state index < -0.39 is 18.0 Å². The van der Waals surface area contributed by atoms with Gasteiger partial charge in [0.05, 0.1) is 0 Å². The van der Waals surface area contributed by atoms with Gasteiger partial charge in [0.1, 0.15) is 6.04 Å². The number of hydrogen-bond acceptors (Lipinski definition) is 3. The Morgan fingerprint density at radius 3 is 2.35 bits per heavy atom. The summed E-state index contributed by atoms with van der Waals surface area (Å²) in [4.78, 5) is 22.5. The second kappa shape index (κ2) is 6.44. The zero-order valence-electron chi connectivity index (χ0n) is 10.3. The van der Waals surface area contributed by atoms with Crippen molar-refractivity contribution in [2.24, 2.45) is 5.92 Å². The van der Waals surface area contributed by atoms with Gasteiger partial charge in [0, 0.05) is 6.04 Å². The van der Waals surface area contributed by atoms with E-state index in [2.05, 4.69) is 16.0 Å². The molecule has 1 rings (SSSR count). The van der Waals surface area contributed by atoms with Gasteiger partial charge in [-0.2, -0.15) is 0 Å². The molecule has 0 saturated carbocycles. The largest absolute Gasteiger partial charge is 0.480 e. The fraction of sp³-hybridized carbons (Fsp3) is 0.818. The van der Waals surface area contributed by atoms with E-state index in [9.17, 15) is 9.59 Å². The maximum absolute atomic E-state index is 11.6. The summed E-state index contributed by atoms with van der Waals surface area (Å²) in [6.07, 6.45) is 1.76. The number of amides is 2. The molecule has 1 saturated heterocycles. The molecule has 0 bridgehead atoms. The molecule has 4 N–H and O–H groups in total. The number of rotatable bonds is 4. The van der Waals surface area contributed by atoms with Crippen LogP contribution in [0.1, 0.15) is 26.7 Å². The maximum Gasteiger partial charge on any atom is 0.326 e. The van der Waals surface area contributed by atoms with Gasteiger partial charge in [0.2, 0.25) is 0 Å². The Balaban J connectivity index is 2.38. The first-order valence-corrected chi connectivity index (χ1v) is 6.01. The van der Waals surface area contributed by atoms with Crippen LogP contribution in [0.25, 0.3) is 0 Å². The molecule has 0 unspecified atom stereocenters. The molecule has 1 heterocycles. The molecule has 1 aliphatic heterocycles. The molecule has 6 heteroatoms.